The molecule has 5 aromatic rings. The van der Waals surface area contributed by atoms with Crippen molar-refractivity contribution in [1.82, 2.24) is 9.62 Å². The number of nitrogens with one attached hydrogen (secondary N) is 1. The molecule has 2 aliphatic rings. The van der Waals surface area contributed by atoms with Crippen LogP contribution >= 0.6 is 0 Å². The Hall–Kier alpha value is -4.55. The second-order valence-corrected chi connectivity index (χ2v) is 15.0. The molecule has 0 unspecified atom stereocenters. The number of sulfonamides is 1. The number of rotatable bonds is 12. The number of fused-ring (bicyclic) bond motifs is 1. The Morgan fingerprint density at radius 1 is 0.769 bits per heavy atom. The molecule has 7 rings (SSSR count). The summed E-state index contributed by atoms with van der Waals surface area (Å²) in [5.74, 6) is 1.49. The Bertz CT molecular complexity index is 2070. The highest BCUT2D eigenvalue weighted by Gasteiger charge is 2.34. The fourth-order valence-electron chi connectivity index (χ4n) is 6.97. The minimum Gasteiger partial charge on any atom is -0.493 e. The van der Waals surface area contributed by atoms with Crippen LogP contribution < -0.4 is 14.2 Å². The van der Waals surface area contributed by atoms with Crippen LogP contribution in [-0.4, -0.2) is 51.8 Å². The fraction of sp³-hybridized carbons (Fsp3) is 0.286. The Kier molecular flexibility index (Phi) is 11.0. The maximum absolute atomic E-state index is 12.8. The number of methoxy groups -OCH3 is 2. The van der Waals surface area contributed by atoms with E-state index in [4.69, 9.17) is 18.9 Å². The first-order chi connectivity index (χ1) is 25.3. The smallest absolute Gasteiger partial charge is 0.240 e. The summed E-state index contributed by atoms with van der Waals surface area (Å²) in [4.78, 5) is 2.67. The summed E-state index contributed by atoms with van der Waals surface area (Å²) in [7, 11) is -0.285. The SMILES string of the molecule is COc1cc2c(cc1OC)CN(C[C@H]1C[C@@H](c3ccc(CO)cc3)O[C@@H](c3ccc(-c4cccc(CNS(=O)(=O)c5ccccc5)c4)cc3)O1)CC2. The maximum Gasteiger partial charge on any atom is 0.240 e. The van der Waals surface area contributed by atoms with Crippen molar-refractivity contribution in [2.75, 3.05) is 27.3 Å². The number of aliphatic hydroxyl groups excluding tert-OH is 1. The molecule has 5 aromatic carbocycles. The Morgan fingerprint density at radius 3 is 2.19 bits per heavy atom. The molecule has 2 aliphatic heterocycles. The van der Waals surface area contributed by atoms with E-state index in [1.54, 1.807) is 44.6 Å². The van der Waals surface area contributed by atoms with E-state index < -0.39 is 16.3 Å². The Morgan fingerprint density at radius 2 is 1.48 bits per heavy atom. The lowest BCUT2D eigenvalue weighted by Crippen LogP contribution is -2.41. The fourth-order valence-corrected chi connectivity index (χ4v) is 8.01. The molecular formula is C42H44N2O7S. The first kappa shape index (κ1) is 35.8. The quantitative estimate of drug-likeness (QED) is 0.143. The molecule has 0 radical (unpaired) electrons. The van der Waals surface area contributed by atoms with Crippen molar-refractivity contribution in [1.29, 1.82) is 0 Å². The summed E-state index contributed by atoms with van der Waals surface area (Å²) < 4.78 is 52.7. The van der Waals surface area contributed by atoms with E-state index in [1.807, 2.05) is 72.8 Å². The second-order valence-electron chi connectivity index (χ2n) is 13.3. The first-order valence-corrected chi connectivity index (χ1v) is 19.0. The van der Waals surface area contributed by atoms with Crippen LogP contribution in [0, 0.1) is 0 Å². The van der Waals surface area contributed by atoms with Gasteiger partial charge in [-0.1, -0.05) is 84.9 Å². The van der Waals surface area contributed by atoms with Gasteiger partial charge in [-0.2, -0.15) is 0 Å². The summed E-state index contributed by atoms with van der Waals surface area (Å²) >= 11 is 0. The number of aliphatic hydroxyl groups is 1. The highest BCUT2D eigenvalue weighted by Crippen LogP contribution is 2.40. The molecule has 2 heterocycles. The van der Waals surface area contributed by atoms with Crippen LogP contribution in [-0.2, 0) is 45.6 Å². The van der Waals surface area contributed by atoms with Gasteiger partial charge in [-0.15, -0.1) is 0 Å². The van der Waals surface area contributed by atoms with Crippen LogP contribution in [0.3, 0.4) is 0 Å². The molecular weight excluding hydrogens is 677 g/mol. The van der Waals surface area contributed by atoms with Crippen molar-refractivity contribution in [2.24, 2.45) is 0 Å². The second kappa shape index (κ2) is 16.0. The topological polar surface area (TPSA) is 107 Å². The molecule has 52 heavy (non-hydrogen) atoms. The van der Waals surface area contributed by atoms with E-state index in [1.165, 1.54) is 11.1 Å². The average molecular weight is 721 g/mol. The van der Waals surface area contributed by atoms with Crippen molar-refractivity contribution >= 4 is 10.0 Å². The van der Waals surface area contributed by atoms with Gasteiger partial charge in [-0.3, -0.25) is 4.90 Å². The van der Waals surface area contributed by atoms with E-state index in [9.17, 15) is 13.5 Å². The summed E-state index contributed by atoms with van der Waals surface area (Å²) in [5.41, 5.74) is 8.17. The van der Waals surface area contributed by atoms with Crippen LogP contribution in [0.25, 0.3) is 11.1 Å². The average Bonchev–Trinajstić information content (AvgIpc) is 3.20. The van der Waals surface area contributed by atoms with Gasteiger partial charge < -0.3 is 24.1 Å². The van der Waals surface area contributed by atoms with E-state index >= 15 is 0 Å². The molecule has 0 bridgehead atoms. The molecule has 0 spiro atoms. The Balaban J connectivity index is 1.07. The van der Waals surface area contributed by atoms with Crippen LogP contribution in [0.1, 0.15) is 52.2 Å². The van der Waals surface area contributed by atoms with Gasteiger partial charge in [-0.25, -0.2) is 13.1 Å². The number of hydrogen-bond acceptors (Lipinski definition) is 8. The van der Waals surface area contributed by atoms with E-state index in [0.29, 0.717) is 6.42 Å². The summed E-state index contributed by atoms with van der Waals surface area (Å²) in [6.45, 7) is 2.62. The normalized spacial score (nSPS) is 19.2. The predicted octanol–water partition coefficient (Wildman–Crippen LogP) is 6.95. The minimum absolute atomic E-state index is 0.00812. The number of ether oxygens (including phenoxy) is 4. The molecule has 10 heteroatoms. The molecule has 270 valence electrons. The van der Waals surface area contributed by atoms with Gasteiger partial charge in [0.25, 0.3) is 0 Å². The molecule has 9 nitrogen and oxygen atoms in total. The van der Waals surface area contributed by atoms with Gasteiger partial charge in [0.2, 0.25) is 10.0 Å². The summed E-state index contributed by atoms with van der Waals surface area (Å²) in [5, 5.41) is 9.61. The van der Waals surface area contributed by atoms with Crippen molar-refractivity contribution in [3.05, 3.63) is 149 Å². The highest BCUT2D eigenvalue weighted by atomic mass is 32.2. The molecule has 2 N–H and O–H groups in total. The van der Waals surface area contributed by atoms with Crippen molar-refractivity contribution in [2.45, 2.75) is 55.9 Å². The maximum atomic E-state index is 12.8. The van der Waals surface area contributed by atoms with Gasteiger partial charge >= 0.3 is 0 Å². The zero-order chi connectivity index (χ0) is 36.1. The molecule has 1 saturated heterocycles. The molecule has 0 amide bonds. The van der Waals surface area contributed by atoms with Crippen molar-refractivity contribution in [3.63, 3.8) is 0 Å². The third-order valence-electron chi connectivity index (χ3n) is 9.84. The van der Waals surface area contributed by atoms with Crippen LogP contribution in [0.15, 0.2) is 120 Å². The lowest BCUT2D eigenvalue weighted by atomic mass is 9.96. The highest BCUT2D eigenvalue weighted by molar-refractivity contribution is 7.89. The van der Waals surface area contributed by atoms with Crippen LogP contribution in [0.2, 0.25) is 0 Å². The lowest BCUT2D eigenvalue weighted by molar-refractivity contribution is -0.253. The van der Waals surface area contributed by atoms with Crippen LogP contribution in [0.5, 0.6) is 11.5 Å². The monoisotopic (exact) mass is 720 g/mol. The zero-order valence-electron chi connectivity index (χ0n) is 29.4. The molecule has 0 aliphatic carbocycles. The van der Waals surface area contributed by atoms with E-state index in [2.05, 4.69) is 21.8 Å². The molecule has 0 saturated carbocycles. The molecule has 1 fully saturated rings. The summed E-state index contributed by atoms with van der Waals surface area (Å²) in [6.07, 6.45) is 0.766. The van der Waals surface area contributed by atoms with Crippen molar-refractivity contribution in [3.8, 4) is 22.6 Å². The predicted molar refractivity (Wildman–Crippen MR) is 199 cm³/mol. The standard InChI is InChI=1S/C42H44N2O7S/c1-48-40-22-35-19-20-44(26-36(35)23-41(40)49-2)27-37-24-39(32-13-11-29(28-45)12-14-32)51-42(50-37)33-17-15-31(16-18-33)34-8-6-7-30(21-34)25-43-52(46,47)38-9-4-3-5-10-38/h3-18,21-23,37,39,42-43,45H,19-20,24-28H2,1-2H3/t37-,39+,42+/m1/s1. The van der Waals surface area contributed by atoms with Crippen molar-refractivity contribution < 1.29 is 32.5 Å². The number of benzene rings is 5. The third-order valence-corrected chi connectivity index (χ3v) is 11.3. The lowest BCUT2D eigenvalue weighted by Gasteiger charge is -2.39. The van der Waals surface area contributed by atoms with Gasteiger partial charge in [0, 0.05) is 38.2 Å². The third kappa shape index (κ3) is 8.23. The van der Waals surface area contributed by atoms with E-state index in [-0.39, 0.29) is 30.3 Å². The zero-order valence-corrected chi connectivity index (χ0v) is 30.2. The largest absolute Gasteiger partial charge is 0.493 e. The number of nitrogens with zero attached hydrogens (tertiary/aromatic N) is 1. The van der Waals surface area contributed by atoms with Gasteiger partial charge in [0.05, 0.1) is 37.9 Å². The molecule has 0 aromatic heterocycles. The summed E-state index contributed by atoms with van der Waals surface area (Å²) in [6, 6.07) is 36.5. The minimum atomic E-state index is -3.62. The van der Waals surface area contributed by atoms with Gasteiger partial charge in [-0.05, 0) is 75.7 Å². The number of hydrogen-bond donors (Lipinski definition) is 2. The van der Waals surface area contributed by atoms with Crippen LogP contribution in [0.4, 0.5) is 0 Å². The first-order valence-electron chi connectivity index (χ1n) is 17.5. The van der Waals surface area contributed by atoms with Gasteiger partial charge in [0.15, 0.2) is 17.8 Å². The Labute approximate surface area is 305 Å². The van der Waals surface area contributed by atoms with E-state index in [0.717, 1.165) is 70.9 Å². The van der Waals surface area contributed by atoms with Gasteiger partial charge in [0.1, 0.15) is 0 Å². The molecule has 3 atom stereocenters.